The van der Waals surface area contributed by atoms with Crippen molar-refractivity contribution in [2.24, 2.45) is 0 Å². The van der Waals surface area contributed by atoms with Crippen molar-refractivity contribution < 1.29 is 9.47 Å². The largest absolute Gasteiger partial charge is 0.454 e. The average molecular weight is 375 g/mol. The van der Waals surface area contributed by atoms with Crippen molar-refractivity contribution >= 4 is 21.6 Å². The molecular formula is C18H25N5O2S. The van der Waals surface area contributed by atoms with Crippen LogP contribution in [0.25, 0.3) is 0 Å². The van der Waals surface area contributed by atoms with E-state index in [0.29, 0.717) is 12.8 Å². The number of nitrogens with zero attached hydrogens (tertiary/aromatic N) is 4. The van der Waals surface area contributed by atoms with Gasteiger partial charge in [0.05, 0.1) is 0 Å². The third-order valence-corrected chi connectivity index (χ3v) is 5.89. The Morgan fingerprint density at radius 1 is 1.15 bits per heavy atom. The maximum Gasteiger partial charge on any atom is 0.231 e. The lowest BCUT2D eigenvalue weighted by Crippen LogP contribution is -2.47. The van der Waals surface area contributed by atoms with E-state index >= 15 is 0 Å². The molecule has 8 heteroatoms. The lowest BCUT2D eigenvalue weighted by Gasteiger charge is -2.38. The first-order valence-electron chi connectivity index (χ1n) is 9.20. The Kier molecular flexibility index (Phi) is 5.12. The summed E-state index contributed by atoms with van der Waals surface area (Å²) in [4.78, 5) is 4.84. The molecule has 1 aromatic heterocycles. The van der Waals surface area contributed by atoms with Crippen LogP contribution in [-0.2, 0) is 0 Å². The molecule has 4 rings (SSSR count). The number of nitrogens with one attached hydrogen (secondary N) is 1. The number of piperazine rings is 1. The van der Waals surface area contributed by atoms with E-state index in [1.54, 1.807) is 11.3 Å². The minimum atomic E-state index is 0.322. The van der Waals surface area contributed by atoms with Gasteiger partial charge in [-0.1, -0.05) is 24.3 Å². The molecule has 2 aliphatic rings. The zero-order chi connectivity index (χ0) is 17.9. The van der Waals surface area contributed by atoms with E-state index in [2.05, 4.69) is 51.3 Å². The lowest BCUT2D eigenvalue weighted by atomic mass is 10.1. The Hall–Kier alpha value is -2.06. The molecule has 3 heterocycles. The Morgan fingerprint density at radius 3 is 2.77 bits per heavy atom. The van der Waals surface area contributed by atoms with Crippen molar-refractivity contribution in [3.05, 3.63) is 23.8 Å². The molecule has 2 aromatic rings. The number of aromatic nitrogens is 2. The lowest BCUT2D eigenvalue weighted by molar-refractivity contribution is 0.173. The Labute approximate surface area is 157 Å². The van der Waals surface area contributed by atoms with Crippen LogP contribution < -0.4 is 19.7 Å². The summed E-state index contributed by atoms with van der Waals surface area (Å²) in [6.07, 6.45) is 1.09. The second kappa shape index (κ2) is 7.67. The summed E-state index contributed by atoms with van der Waals surface area (Å²) in [5, 5.41) is 13.8. The minimum Gasteiger partial charge on any atom is -0.454 e. The molecule has 1 N–H and O–H groups in total. The number of fused-ring (bicyclic) bond motifs is 1. The first kappa shape index (κ1) is 17.4. The normalized spacial score (nSPS) is 18.2. The SMILES string of the molecule is CCCNc1nnc(N2CCN([C@@H](C)c3ccc4c(c3)OCO4)CC2)s1. The monoisotopic (exact) mass is 375 g/mol. The van der Waals surface area contributed by atoms with Crippen molar-refractivity contribution in [1.82, 2.24) is 15.1 Å². The summed E-state index contributed by atoms with van der Waals surface area (Å²) in [5.41, 5.74) is 1.27. The maximum atomic E-state index is 5.51. The molecule has 0 unspecified atom stereocenters. The third kappa shape index (κ3) is 3.57. The number of rotatable bonds is 6. The zero-order valence-electron chi connectivity index (χ0n) is 15.3. The van der Waals surface area contributed by atoms with Crippen LogP contribution >= 0.6 is 11.3 Å². The molecule has 0 bridgehead atoms. The van der Waals surface area contributed by atoms with Crippen LogP contribution in [0.15, 0.2) is 18.2 Å². The van der Waals surface area contributed by atoms with Crippen LogP contribution in [-0.4, -0.2) is 54.6 Å². The van der Waals surface area contributed by atoms with Crippen LogP contribution in [0, 0.1) is 0 Å². The van der Waals surface area contributed by atoms with E-state index in [1.165, 1.54) is 5.56 Å². The molecule has 0 saturated carbocycles. The molecule has 0 aliphatic carbocycles. The van der Waals surface area contributed by atoms with Gasteiger partial charge in [-0.25, -0.2) is 0 Å². The number of hydrogen-bond donors (Lipinski definition) is 1. The molecular weight excluding hydrogens is 350 g/mol. The summed E-state index contributed by atoms with van der Waals surface area (Å²) in [6.45, 7) is 9.62. The van der Waals surface area contributed by atoms with Gasteiger partial charge in [0, 0.05) is 38.8 Å². The maximum absolute atomic E-state index is 5.51. The second-order valence-electron chi connectivity index (χ2n) is 6.63. The highest BCUT2D eigenvalue weighted by atomic mass is 32.1. The predicted octanol–water partition coefficient (Wildman–Crippen LogP) is 2.97. The van der Waals surface area contributed by atoms with Crippen LogP contribution in [0.5, 0.6) is 11.5 Å². The van der Waals surface area contributed by atoms with Gasteiger partial charge in [-0.15, -0.1) is 10.2 Å². The first-order valence-corrected chi connectivity index (χ1v) is 10.0. The van der Waals surface area contributed by atoms with Gasteiger partial charge in [-0.05, 0) is 31.0 Å². The molecule has 7 nitrogen and oxygen atoms in total. The van der Waals surface area contributed by atoms with Gasteiger partial charge in [-0.3, -0.25) is 4.90 Å². The van der Waals surface area contributed by atoms with Gasteiger partial charge in [0.25, 0.3) is 0 Å². The smallest absolute Gasteiger partial charge is 0.231 e. The minimum absolute atomic E-state index is 0.322. The zero-order valence-corrected chi connectivity index (χ0v) is 16.1. The van der Waals surface area contributed by atoms with Gasteiger partial charge in [0.1, 0.15) is 0 Å². The topological polar surface area (TPSA) is 62.8 Å². The molecule has 0 spiro atoms. The quantitative estimate of drug-likeness (QED) is 0.833. The van der Waals surface area contributed by atoms with E-state index in [0.717, 1.165) is 60.9 Å². The molecule has 2 aliphatic heterocycles. The number of benzene rings is 1. The standard InChI is InChI=1S/C18H25N5O2S/c1-3-6-19-17-20-21-18(26-17)23-9-7-22(8-10-23)13(2)14-4-5-15-16(11-14)25-12-24-15/h4-5,11,13H,3,6-10,12H2,1-2H3,(H,19,20)/t13-/m0/s1. The van der Waals surface area contributed by atoms with Crippen LogP contribution in [0.2, 0.25) is 0 Å². The van der Waals surface area contributed by atoms with Gasteiger partial charge < -0.3 is 19.7 Å². The summed E-state index contributed by atoms with van der Waals surface area (Å²) < 4.78 is 10.9. The number of anilines is 2. The number of ether oxygens (including phenoxy) is 2. The van der Waals surface area contributed by atoms with Crippen molar-refractivity contribution in [3.8, 4) is 11.5 Å². The van der Waals surface area contributed by atoms with Crippen molar-refractivity contribution in [2.45, 2.75) is 26.3 Å². The van der Waals surface area contributed by atoms with Gasteiger partial charge >= 0.3 is 0 Å². The molecule has 1 fully saturated rings. The molecule has 26 heavy (non-hydrogen) atoms. The van der Waals surface area contributed by atoms with Crippen molar-refractivity contribution in [1.29, 1.82) is 0 Å². The fourth-order valence-corrected chi connectivity index (χ4v) is 4.15. The van der Waals surface area contributed by atoms with E-state index in [4.69, 9.17) is 9.47 Å². The summed E-state index contributed by atoms with van der Waals surface area (Å²) in [6, 6.07) is 6.61. The molecule has 1 saturated heterocycles. The van der Waals surface area contributed by atoms with E-state index in [-0.39, 0.29) is 0 Å². The average Bonchev–Trinajstić information content (AvgIpc) is 3.34. The van der Waals surface area contributed by atoms with Crippen LogP contribution in [0.1, 0.15) is 31.9 Å². The molecule has 1 atom stereocenters. The highest BCUT2D eigenvalue weighted by Crippen LogP contribution is 2.35. The van der Waals surface area contributed by atoms with Crippen LogP contribution in [0.4, 0.5) is 10.3 Å². The molecule has 0 radical (unpaired) electrons. The van der Waals surface area contributed by atoms with Crippen molar-refractivity contribution in [2.75, 3.05) is 49.7 Å². The number of hydrogen-bond acceptors (Lipinski definition) is 8. The fourth-order valence-electron chi connectivity index (χ4n) is 3.33. The van der Waals surface area contributed by atoms with E-state index in [9.17, 15) is 0 Å². The van der Waals surface area contributed by atoms with Crippen molar-refractivity contribution in [3.63, 3.8) is 0 Å². The molecule has 140 valence electrons. The van der Waals surface area contributed by atoms with Gasteiger partial charge in [0.2, 0.25) is 17.1 Å². The van der Waals surface area contributed by atoms with E-state index in [1.807, 2.05) is 6.07 Å². The van der Waals surface area contributed by atoms with Gasteiger partial charge in [-0.2, -0.15) is 0 Å². The predicted molar refractivity (Wildman–Crippen MR) is 103 cm³/mol. The summed E-state index contributed by atoms with van der Waals surface area (Å²) in [5.74, 6) is 1.70. The molecule has 0 amide bonds. The Bertz CT molecular complexity index is 745. The highest BCUT2D eigenvalue weighted by molar-refractivity contribution is 7.19. The highest BCUT2D eigenvalue weighted by Gasteiger charge is 2.25. The van der Waals surface area contributed by atoms with Gasteiger partial charge in [0.15, 0.2) is 11.5 Å². The second-order valence-corrected chi connectivity index (χ2v) is 7.58. The third-order valence-electron chi connectivity index (χ3n) is 4.95. The Morgan fingerprint density at radius 2 is 1.96 bits per heavy atom. The van der Waals surface area contributed by atoms with Crippen LogP contribution in [0.3, 0.4) is 0 Å². The Balaban J connectivity index is 1.35. The summed E-state index contributed by atoms with van der Waals surface area (Å²) in [7, 11) is 0. The summed E-state index contributed by atoms with van der Waals surface area (Å²) >= 11 is 1.64. The van der Waals surface area contributed by atoms with E-state index < -0.39 is 0 Å². The molecule has 1 aromatic carbocycles. The first-order chi connectivity index (χ1) is 12.7. The fraction of sp³-hybridized carbons (Fsp3) is 0.556.